The minimum Gasteiger partial charge on any atom is -1.00 e. The Balaban J connectivity index is 0.000000257. The van der Waals surface area contributed by atoms with Crippen molar-refractivity contribution in [2.24, 2.45) is 92.7 Å². The van der Waals surface area contributed by atoms with Gasteiger partial charge < -0.3 is 16.0 Å². The molecule has 1 N–H and O–H groups in total. The number of aliphatic hydroxyl groups is 1. The topological polar surface area (TPSA) is 72.8 Å². The standard InChI is InChI=1S/C30H50O2.C27H46O.C4H8O.C3H5BrO.Na.H/c1-20(2)8-7-9-21(3)26-12-13-27-25-11-10-23-18-24(32-19-22(4)31)14-16-29(23,5)28(25)15-17-30(26,27)6;1-18(2)7-6-8-19(3)23-11-12-24-22-10-9-20-17-21(28)13-15-26(20,4)25(22)14-16-27(23,24)5;1-2-4-5-3-1;1-3(5)2-4;;/h10,20-21,24-28H,7-9,11-19H2,1-6H3;9,18-19,21-25,28H,6-8,10-17H2,1-5H3;1-4H2;2H2,1H3;;/q;;;;+1;-1/t21-,24+,25?,26-,27?,28?,29+,30-;19-,21+,22?,23-,24?,25?,26+,27-;;;;/m11..../s1. The molecule has 0 aromatic rings. The van der Waals surface area contributed by atoms with E-state index in [0.29, 0.717) is 27.0 Å². The first-order chi connectivity index (χ1) is 33.2. The second-order valence-corrected chi connectivity index (χ2v) is 28.1. The van der Waals surface area contributed by atoms with E-state index in [1.807, 2.05) is 0 Å². The van der Waals surface area contributed by atoms with Crippen molar-refractivity contribution >= 4 is 27.5 Å². The molecular formula is C64H110BrNaO5. The van der Waals surface area contributed by atoms with Crippen molar-refractivity contribution in [1.82, 2.24) is 0 Å². The Labute approximate surface area is 469 Å². The van der Waals surface area contributed by atoms with E-state index < -0.39 is 0 Å². The second-order valence-electron chi connectivity index (χ2n) is 27.5. The van der Waals surface area contributed by atoms with E-state index in [9.17, 15) is 14.7 Å². The number of Topliss-reactive ketones (excluding diaryl/α,β-unsaturated/α-hetero) is 2. The van der Waals surface area contributed by atoms with Crippen LogP contribution in [0, 0.1) is 92.7 Å². The summed E-state index contributed by atoms with van der Waals surface area (Å²) in [4.78, 5) is 21.1. The molecule has 0 spiro atoms. The second kappa shape index (κ2) is 27.7. The molecule has 9 rings (SSSR count). The maximum absolute atomic E-state index is 11.4. The van der Waals surface area contributed by atoms with Gasteiger partial charge in [0.25, 0.3) is 0 Å². The van der Waals surface area contributed by atoms with Crippen molar-refractivity contribution in [3.05, 3.63) is 23.3 Å². The van der Waals surface area contributed by atoms with E-state index in [-0.39, 0.29) is 61.4 Å². The van der Waals surface area contributed by atoms with Gasteiger partial charge in [-0.05, 0) is 222 Å². The van der Waals surface area contributed by atoms with Crippen molar-refractivity contribution < 1.29 is 55.2 Å². The smallest absolute Gasteiger partial charge is 1.00 e. The zero-order valence-electron chi connectivity index (χ0n) is 49.5. The predicted octanol–water partition coefficient (Wildman–Crippen LogP) is 14.3. The third-order valence-corrected chi connectivity index (χ3v) is 22.9. The summed E-state index contributed by atoms with van der Waals surface area (Å²) in [5.41, 5.74) is 5.22. The predicted molar refractivity (Wildman–Crippen MR) is 298 cm³/mol. The number of rotatable bonds is 14. The summed E-state index contributed by atoms with van der Waals surface area (Å²) in [6.45, 7) is 30.6. The fraction of sp³-hybridized carbons (Fsp3) is 0.906. The summed E-state index contributed by atoms with van der Waals surface area (Å²) in [5, 5.41) is 10.7. The first-order valence-electron chi connectivity index (χ1n) is 30.0. The SMILES string of the molecule is C1CCOC1.CC(=O)CBr.CC(=O)CO[C@H]1CC[C@@]2(C)C(=CCC3C2CC[C@@]2(C)C3CC[C@@H]2[C@H](C)CCCC(C)C)C1.CC(C)CCC[C@@H](C)[C@H]1CCC2C3CC=C4C[C@@H](O)CC[C@]4(C)C3CC[C@@]21C.[H-].[Na+]. The number of aliphatic hydroxyl groups excluding tert-OH is 1. The van der Waals surface area contributed by atoms with Gasteiger partial charge in [-0.25, -0.2) is 0 Å². The minimum atomic E-state index is -0.0766. The van der Waals surface area contributed by atoms with E-state index in [1.165, 1.54) is 135 Å². The van der Waals surface area contributed by atoms with Gasteiger partial charge in [0.15, 0.2) is 5.78 Å². The van der Waals surface area contributed by atoms with Crippen molar-refractivity contribution in [2.75, 3.05) is 25.2 Å². The number of hydrogen-bond donors (Lipinski definition) is 1. The van der Waals surface area contributed by atoms with Gasteiger partial charge in [0, 0.05) is 13.2 Å². The zero-order valence-corrected chi connectivity index (χ0v) is 52.1. The first-order valence-corrected chi connectivity index (χ1v) is 31.1. The van der Waals surface area contributed by atoms with Crippen LogP contribution in [0.1, 0.15) is 239 Å². The molecule has 6 saturated carbocycles. The van der Waals surface area contributed by atoms with Crippen LogP contribution in [0.4, 0.5) is 0 Å². The van der Waals surface area contributed by atoms with Crippen LogP contribution in [0.2, 0.25) is 0 Å². The maximum Gasteiger partial charge on any atom is 1.00 e. The van der Waals surface area contributed by atoms with Crippen LogP contribution in [0.15, 0.2) is 23.3 Å². The summed E-state index contributed by atoms with van der Waals surface area (Å²) >= 11 is 2.96. The maximum atomic E-state index is 11.4. The molecule has 0 aromatic carbocycles. The molecule has 5 nitrogen and oxygen atoms in total. The summed E-state index contributed by atoms with van der Waals surface area (Å²) in [7, 11) is 0. The molecule has 0 radical (unpaired) electrons. The Morgan fingerprint density at radius 2 is 1.10 bits per heavy atom. The van der Waals surface area contributed by atoms with Crippen LogP contribution < -0.4 is 29.6 Å². The Hall–Kier alpha value is 0.180. The van der Waals surface area contributed by atoms with E-state index in [1.54, 1.807) is 18.1 Å². The molecule has 8 aliphatic carbocycles. The van der Waals surface area contributed by atoms with Gasteiger partial charge >= 0.3 is 29.6 Å². The van der Waals surface area contributed by atoms with E-state index in [4.69, 9.17) is 9.47 Å². The molecular weight excluding hydrogens is 952 g/mol. The number of hydrogen-bond acceptors (Lipinski definition) is 5. The molecule has 1 aliphatic heterocycles. The third-order valence-electron chi connectivity index (χ3n) is 22.1. The Morgan fingerprint density at radius 1 is 0.648 bits per heavy atom. The Morgan fingerprint density at radius 3 is 1.51 bits per heavy atom. The van der Waals surface area contributed by atoms with Crippen molar-refractivity contribution in [1.29, 1.82) is 0 Å². The summed E-state index contributed by atoms with van der Waals surface area (Å²) in [6, 6.07) is 0. The molecule has 9 aliphatic rings. The van der Waals surface area contributed by atoms with Crippen molar-refractivity contribution in [3.8, 4) is 0 Å². The van der Waals surface area contributed by atoms with E-state index >= 15 is 0 Å². The first kappa shape index (κ1) is 62.0. The Kier molecular flexibility index (Phi) is 24.2. The van der Waals surface area contributed by atoms with Crippen LogP contribution >= 0.6 is 15.9 Å². The molecule has 0 amide bonds. The number of halogens is 1. The number of alkyl halides is 1. The van der Waals surface area contributed by atoms with Crippen LogP contribution in [-0.4, -0.2) is 54.0 Å². The summed E-state index contributed by atoms with van der Waals surface area (Å²) < 4.78 is 10.9. The molecule has 1 saturated heterocycles. The molecule has 1 heterocycles. The zero-order chi connectivity index (χ0) is 51.0. The number of fused-ring (bicyclic) bond motifs is 10. The van der Waals surface area contributed by atoms with Crippen molar-refractivity contribution in [2.45, 2.75) is 249 Å². The van der Waals surface area contributed by atoms with Gasteiger partial charge in [-0.3, -0.25) is 9.59 Å². The van der Waals surface area contributed by atoms with Gasteiger partial charge in [0.05, 0.1) is 17.5 Å². The quantitative estimate of drug-likeness (QED) is 0.107. The average Bonchev–Trinajstić information content (AvgIpc) is 4.09. The fourth-order valence-electron chi connectivity index (χ4n) is 18.2. The summed E-state index contributed by atoms with van der Waals surface area (Å²) in [6.07, 6.45) is 37.4. The van der Waals surface area contributed by atoms with Gasteiger partial charge in [-0.2, -0.15) is 0 Å². The molecule has 6 unspecified atom stereocenters. The molecule has 71 heavy (non-hydrogen) atoms. The number of allylic oxidation sites excluding steroid dienone is 2. The van der Waals surface area contributed by atoms with Gasteiger partial charge in [-0.15, -0.1) is 0 Å². The van der Waals surface area contributed by atoms with Crippen LogP contribution in [0.25, 0.3) is 0 Å². The molecule has 16 atom stereocenters. The normalized spacial score (nSPS) is 39.5. The van der Waals surface area contributed by atoms with Crippen LogP contribution in [0.3, 0.4) is 0 Å². The molecule has 7 heteroatoms. The van der Waals surface area contributed by atoms with Gasteiger partial charge in [0.1, 0.15) is 12.4 Å². The summed E-state index contributed by atoms with van der Waals surface area (Å²) in [5.74, 6) is 11.1. The Bertz CT molecular complexity index is 1740. The monoisotopic (exact) mass is 1060 g/mol. The van der Waals surface area contributed by atoms with Gasteiger partial charge in [0.2, 0.25) is 0 Å². The third kappa shape index (κ3) is 14.9. The fourth-order valence-corrected chi connectivity index (χ4v) is 18.2. The van der Waals surface area contributed by atoms with Crippen LogP contribution in [0.5, 0.6) is 0 Å². The van der Waals surface area contributed by atoms with Gasteiger partial charge in [-0.1, -0.05) is 147 Å². The molecule has 404 valence electrons. The largest absolute Gasteiger partial charge is 1.00 e. The van der Waals surface area contributed by atoms with Crippen molar-refractivity contribution in [3.63, 3.8) is 0 Å². The number of carbonyl (C=O) groups is 2. The molecule has 0 bridgehead atoms. The average molecular weight is 1060 g/mol. The minimum absolute atomic E-state index is 0. The number of ketones is 2. The molecule has 7 fully saturated rings. The number of carbonyl (C=O) groups excluding carboxylic acids is 2. The van der Waals surface area contributed by atoms with Crippen LogP contribution in [-0.2, 0) is 19.1 Å². The molecule has 0 aromatic heterocycles. The van der Waals surface area contributed by atoms with E-state index in [0.717, 1.165) is 110 Å². The number of ether oxygens (including phenoxy) is 2. The van der Waals surface area contributed by atoms with E-state index in [2.05, 4.69) is 97.3 Å².